The molecule has 2 atom stereocenters. The van der Waals surface area contributed by atoms with Crippen molar-refractivity contribution in [3.8, 4) is 11.5 Å². The third-order valence-electron chi connectivity index (χ3n) is 3.54. The van der Waals surface area contributed by atoms with Crippen molar-refractivity contribution < 1.29 is 19.5 Å². The molecule has 0 aliphatic rings. The average Bonchev–Trinajstić information content (AvgIpc) is 2.50. The molecule has 0 aromatic heterocycles. The van der Waals surface area contributed by atoms with Gasteiger partial charge in [-0.15, -0.1) is 12.4 Å². The highest BCUT2D eigenvalue weighted by molar-refractivity contribution is 5.85. The first-order chi connectivity index (χ1) is 10.3. The van der Waals surface area contributed by atoms with Crippen molar-refractivity contribution in [2.24, 2.45) is 11.7 Å². The van der Waals surface area contributed by atoms with Crippen molar-refractivity contribution in [1.82, 2.24) is 0 Å². The van der Waals surface area contributed by atoms with E-state index in [1.807, 2.05) is 13.8 Å². The fourth-order valence-electron chi connectivity index (χ4n) is 2.20. The van der Waals surface area contributed by atoms with E-state index >= 15 is 0 Å². The molecule has 132 valence electrons. The molecule has 0 bridgehead atoms. The molecule has 0 aliphatic heterocycles. The number of nitro benzene ring substituents is 1. The summed E-state index contributed by atoms with van der Waals surface area (Å²) in [6, 6.07) is 1.86. The van der Waals surface area contributed by atoms with E-state index in [4.69, 9.17) is 15.2 Å². The zero-order valence-corrected chi connectivity index (χ0v) is 14.6. The zero-order valence-electron chi connectivity index (χ0n) is 13.8. The Bertz CT molecular complexity index is 525. The Balaban J connectivity index is 0.00000484. The first-order valence-corrected chi connectivity index (χ1v) is 7.15. The Labute approximate surface area is 142 Å². The molecule has 0 fully saturated rings. The Morgan fingerprint density at radius 3 is 2.17 bits per heavy atom. The van der Waals surface area contributed by atoms with E-state index in [0.29, 0.717) is 18.1 Å². The molecule has 3 N–H and O–H groups in total. The molecule has 0 amide bonds. The molecule has 0 aliphatic carbocycles. The lowest BCUT2D eigenvalue weighted by atomic mass is 9.94. The molecule has 8 heteroatoms. The maximum absolute atomic E-state index is 11.3. The summed E-state index contributed by atoms with van der Waals surface area (Å²) in [7, 11) is 2.84. The van der Waals surface area contributed by atoms with E-state index in [9.17, 15) is 15.2 Å². The lowest BCUT2D eigenvalue weighted by molar-refractivity contribution is -0.385. The second kappa shape index (κ2) is 9.54. The summed E-state index contributed by atoms with van der Waals surface area (Å²) in [4.78, 5) is 10.7. The minimum Gasteiger partial charge on any atom is -0.493 e. The Kier molecular flexibility index (Phi) is 8.89. The number of halogens is 1. The van der Waals surface area contributed by atoms with Crippen LogP contribution in [0.5, 0.6) is 11.5 Å². The number of hydrogen-bond acceptors (Lipinski definition) is 6. The third-order valence-corrected chi connectivity index (χ3v) is 3.54. The predicted octanol–water partition coefficient (Wildman–Crippen LogP) is 2.83. The number of aliphatic hydroxyl groups is 1. The number of hydrogen-bond donors (Lipinski definition) is 2. The van der Waals surface area contributed by atoms with Gasteiger partial charge in [0.2, 0.25) is 0 Å². The number of rotatable bonds is 8. The largest absolute Gasteiger partial charge is 0.493 e. The van der Waals surface area contributed by atoms with Gasteiger partial charge in [-0.3, -0.25) is 10.1 Å². The van der Waals surface area contributed by atoms with Gasteiger partial charge in [-0.25, -0.2) is 0 Å². The van der Waals surface area contributed by atoms with Crippen LogP contribution in [0.1, 0.15) is 38.3 Å². The maximum atomic E-state index is 11.3. The number of nitrogens with zero attached hydrogens (tertiary/aromatic N) is 1. The van der Waals surface area contributed by atoms with Crippen LogP contribution in [0.2, 0.25) is 0 Å². The summed E-state index contributed by atoms with van der Waals surface area (Å²) >= 11 is 0. The second-order valence-electron chi connectivity index (χ2n) is 5.59. The van der Waals surface area contributed by atoms with Crippen molar-refractivity contribution in [3.05, 3.63) is 27.8 Å². The number of aliphatic hydroxyl groups excluding tert-OH is 1. The van der Waals surface area contributed by atoms with Crippen LogP contribution in [0.25, 0.3) is 0 Å². The normalized spacial score (nSPS) is 13.2. The minimum atomic E-state index is -0.862. The van der Waals surface area contributed by atoms with Gasteiger partial charge >= 0.3 is 0 Å². The highest BCUT2D eigenvalue weighted by atomic mass is 35.5. The quantitative estimate of drug-likeness (QED) is 0.552. The topological polar surface area (TPSA) is 108 Å². The molecule has 0 heterocycles. The van der Waals surface area contributed by atoms with Gasteiger partial charge in [0.1, 0.15) is 0 Å². The molecular formula is C15H25ClN2O5. The highest BCUT2D eigenvalue weighted by Gasteiger charge is 2.27. The smallest absolute Gasteiger partial charge is 0.278 e. The summed E-state index contributed by atoms with van der Waals surface area (Å²) in [6.45, 7) is 4.08. The summed E-state index contributed by atoms with van der Waals surface area (Å²) in [6.07, 6.45) is 0.402. The number of benzene rings is 1. The van der Waals surface area contributed by atoms with E-state index in [0.717, 1.165) is 6.42 Å². The lowest BCUT2D eigenvalue weighted by Crippen LogP contribution is -2.27. The maximum Gasteiger partial charge on any atom is 0.278 e. The predicted molar refractivity (Wildman–Crippen MR) is 90.5 cm³/mol. The molecular weight excluding hydrogens is 324 g/mol. The summed E-state index contributed by atoms with van der Waals surface area (Å²) in [5.41, 5.74) is 6.08. The summed E-state index contributed by atoms with van der Waals surface area (Å²) < 4.78 is 10.2. The molecule has 0 unspecified atom stereocenters. The number of nitrogens with two attached hydrogens (primary N) is 1. The van der Waals surface area contributed by atoms with Crippen molar-refractivity contribution in [3.63, 3.8) is 0 Å². The van der Waals surface area contributed by atoms with Crippen LogP contribution in [-0.4, -0.2) is 30.4 Å². The monoisotopic (exact) mass is 348 g/mol. The van der Waals surface area contributed by atoms with E-state index in [2.05, 4.69) is 0 Å². The van der Waals surface area contributed by atoms with Crippen molar-refractivity contribution >= 4 is 18.1 Å². The fraction of sp³-hybridized carbons (Fsp3) is 0.600. The molecule has 0 saturated heterocycles. The molecule has 7 nitrogen and oxygen atoms in total. The minimum absolute atomic E-state index is 0. The number of methoxy groups -OCH3 is 2. The van der Waals surface area contributed by atoms with Gasteiger partial charge in [-0.05, 0) is 24.8 Å². The van der Waals surface area contributed by atoms with Crippen molar-refractivity contribution in [2.45, 2.75) is 38.8 Å². The number of nitro groups is 1. The lowest BCUT2D eigenvalue weighted by Gasteiger charge is -2.21. The second-order valence-corrected chi connectivity index (χ2v) is 5.59. The van der Waals surface area contributed by atoms with Gasteiger partial charge in [0.25, 0.3) is 5.69 Å². The molecule has 1 rings (SSSR count). The summed E-state index contributed by atoms with van der Waals surface area (Å²) in [5, 5.41) is 21.5. The molecule has 1 aromatic rings. The Hall–Kier alpha value is -1.57. The SMILES string of the molecule is COc1cc([C@H](N)[C@H](O)CCC(C)C)c([N+](=O)[O-])cc1OC.Cl. The molecule has 0 radical (unpaired) electrons. The standard InChI is InChI=1S/C15H24N2O5.ClH/c1-9(2)5-6-12(18)15(16)10-7-13(21-3)14(22-4)8-11(10)17(19)20;/h7-9,12,15,18H,5-6,16H2,1-4H3;1H/t12-,15+;/m1./s1. The van der Waals surface area contributed by atoms with Crippen molar-refractivity contribution in [1.29, 1.82) is 0 Å². The Morgan fingerprint density at radius 1 is 1.22 bits per heavy atom. The van der Waals surface area contributed by atoms with Crippen LogP contribution in [0.3, 0.4) is 0 Å². The molecule has 0 spiro atoms. The van der Waals surface area contributed by atoms with Crippen LogP contribution in [0.4, 0.5) is 5.69 Å². The zero-order chi connectivity index (χ0) is 16.9. The molecule has 0 saturated carbocycles. The third kappa shape index (κ3) is 5.53. The average molecular weight is 349 g/mol. The van der Waals surface area contributed by atoms with E-state index < -0.39 is 17.1 Å². The van der Waals surface area contributed by atoms with E-state index in [1.165, 1.54) is 26.4 Å². The van der Waals surface area contributed by atoms with E-state index in [-0.39, 0.29) is 29.4 Å². The van der Waals surface area contributed by atoms with Gasteiger partial charge < -0.3 is 20.3 Å². The van der Waals surface area contributed by atoms with Crippen LogP contribution < -0.4 is 15.2 Å². The number of ether oxygens (including phenoxy) is 2. The van der Waals surface area contributed by atoms with Gasteiger partial charge in [0, 0.05) is 0 Å². The van der Waals surface area contributed by atoms with E-state index in [1.54, 1.807) is 0 Å². The van der Waals surface area contributed by atoms with Gasteiger partial charge in [0.05, 0.1) is 42.9 Å². The first-order valence-electron chi connectivity index (χ1n) is 7.15. The van der Waals surface area contributed by atoms with Crippen LogP contribution in [0.15, 0.2) is 12.1 Å². The van der Waals surface area contributed by atoms with Gasteiger partial charge in [-0.1, -0.05) is 13.8 Å². The Morgan fingerprint density at radius 2 is 1.74 bits per heavy atom. The van der Waals surface area contributed by atoms with Crippen LogP contribution in [0, 0.1) is 16.0 Å². The summed E-state index contributed by atoms with van der Waals surface area (Å²) in [5.74, 6) is 1.01. The molecule has 1 aromatic carbocycles. The van der Waals surface area contributed by atoms with Crippen LogP contribution >= 0.6 is 12.4 Å². The molecule has 23 heavy (non-hydrogen) atoms. The van der Waals surface area contributed by atoms with Crippen molar-refractivity contribution in [2.75, 3.05) is 14.2 Å². The van der Waals surface area contributed by atoms with Crippen LogP contribution in [-0.2, 0) is 0 Å². The highest BCUT2D eigenvalue weighted by Crippen LogP contribution is 2.38. The van der Waals surface area contributed by atoms with Gasteiger partial charge in [0.15, 0.2) is 11.5 Å². The fourth-order valence-corrected chi connectivity index (χ4v) is 2.20. The van der Waals surface area contributed by atoms with Gasteiger partial charge in [-0.2, -0.15) is 0 Å². The first kappa shape index (κ1) is 21.4.